The normalized spacial score (nSPS) is 27.8. The second kappa shape index (κ2) is 3.45. The number of alkyl halides is 2. The van der Waals surface area contributed by atoms with E-state index in [9.17, 15) is 0 Å². The molecule has 1 unspecified atom stereocenters. The van der Waals surface area contributed by atoms with Crippen LogP contribution in [0.4, 0.5) is 0 Å². The van der Waals surface area contributed by atoms with Gasteiger partial charge in [0.05, 0.1) is 0 Å². The summed E-state index contributed by atoms with van der Waals surface area (Å²) in [4.78, 5) is 0. The van der Waals surface area contributed by atoms with Gasteiger partial charge in [-0.2, -0.15) is 0 Å². The summed E-state index contributed by atoms with van der Waals surface area (Å²) in [7, 11) is 0. The Morgan fingerprint density at radius 2 is 1.78 bits per heavy atom. The molecule has 1 aliphatic heterocycles. The van der Waals surface area contributed by atoms with Crippen LogP contribution in [0.3, 0.4) is 0 Å². The number of ether oxygens (including phenoxy) is 1. The summed E-state index contributed by atoms with van der Waals surface area (Å²) in [6.45, 7) is 7.07. The average molecular weight is 169 g/mol. The first-order valence-corrected chi connectivity index (χ1v) is 3.43. The quantitative estimate of drug-likeness (QED) is 0.308. The van der Waals surface area contributed by atoms with Crippen LogP contribution in [0.2, 0.25) is 0 Å². The van der Waals surface area contributed by atoms with Crippen molar-refractivity contribution in [2.75, 3.05) is 0 Å². The molecule has 1 saturated heterocycles. The third kappa shape index (κ3) is 3.79. The lowest BCUT2D eigenvalue weighted by molar-refractivity contribution is 0.398. The Morgan fingerprint density at radius 1 is 1.67 bits per heavy atom. The molecule has 0 aromatic carbocycles. The van der Waals surface area contributed by atoms with E-state index in [4.69, 9.17) is 23.2 Å². The Kier molecular flexibility index (Phi) is 3.56. The van der Waals surface area contributed by atoms with Gasteiger partial charge < -0.3 is 4.74 Å². The van der Waals surface area contributed by atoms with Crippen LogP contribution in [0.1, 0.15) is 13.8 Å². The van der Waals surface area contributed by atoms with Crippen molar-refractivity contribution in [3.8, 4) is 0 Å². The standard InChI is InChI=1S/C3H4Cl2O.C3H6/c1-2-3(4,5)6-2;1-3-2/h2H,1H3;3H,1H2,2H3. The maximum absolute atomic E-state index is 5.33. The van der Waals surface area contributed by atoms with Crippen molar-refractivity contribution < 1.29 is 4.74 Å². The van der Waals surface area contributed by atoms with E-state index < -0.39 is 4.52 Å². The Hall–Kier alpha value is 0.280. The summed E-state index contributed by atoms with van der Waals surface area (Å²) in [5.41, 5.74) is 0. The van der Waals surface area contributed by atoms with Gasteiger partial charge in [-0.1, -0.05) is 29.3 Å². The maximum atomic E-state index is 5.33. The summed E-state index contributed by atoms with van der Waals surface area (Å²) >= 11 is 10.7. The van der Waals surface area contributed by atoms with Gasteiger partial charge in [0.25, 0.3) is 0 Å². The molecule has 0 spiro atoms. The van der Waals surface area contributed by atoms with Gasteiger partial charge in [0.2, 0.25) is 4.52 Å². The highest BCUT2D eigenvalue weighted by atomic mass is 35.5. The van der Waals surface area contributed by atoms with E-state index in [1.165, 1.54) is 0 Å². The number of hydrogen-bond donors (Lipinski definition) is 0. The third-order valence-corrected chi connectivity index (χ3v) is 1.54. The van der Waals surface area contributed by atoms with Crippen molar-refractivity contribution in [1.29, 1.82) is 0 Å². The van der Waals surface area contributed by atoms with Gasteiger partial charge in [-0.25, -0.2) is 0 Å². The van der Waals surface area contributed by atoms with E-state index in [1.807, 2.05) is 13.8 Å². The third-order valence-electron chi connectivity index (χ3n) is 0.750. The summed E-state index contributed by atoms with van der Waals surface area (Å²) < 4.78 is 3.79. The molecule has 0 N–H and O–H groups in total. The molecule has 0 aromatic rings. The van der Waals surface area contributed by atoms with E-state index in [0.29, 0.717) is 0 Å². The molecule has 3 heteroatoms. The number of rotatable bonds is 0. The smallest absolute Gasteiger partial charge is 0.244 e. The lowest BCUT2D eigenvalue weighted by Gasteiger charge is -1.77. The van der Waals surface area contributed by atoms with E-state index in [2.05, 4.69) is 11.3 Å². The highest BCUT2D eigenvalue weighted by Gasteiger charge is 2.50. The number of epoxide rings is 1. The topological polar surface area (TPSA) is 12.5 Å². The zero-order chi connectivity index (χ0) is 7.49. The largest absolute Gasteiger partial charge is 0.336 e. The van der Waals surface area contributed by atoms with Crippen LogP contribution >= 0.6 is 23.2 Å². The van der Waals surface area contributed by atoms with Crippen molar-refractivity contribution in [1.82, 2.24) is 0 Å². The number of halogens is 2. The van der Waals surface area contributed by atoms with Crippen LogP contribution in [0.5, 0.6) is 0 Å². The second-order valence-electron chi connectivity index (χ2n) is 1.73. The first kappa shape index (κ1) is 9.28. The van der Waals surface area contributed by atoms with E-state index >= 15 is 0 Å². The molecule has 0 radical (unpaired) electrons. The predicted octanol–water partition coefficient (Wildman–Crippen LogP) is 2.73. The molecule has 1 atom stereocenters. The zero-order valence-corrected chi connectivity index (χ0v) is 7.04. The molecule has 1 heterocycles. The predicted molar refractivity (Wildman–Crippen MR) is 40.9 cm³/mol. The van der Waals surface area contributed by atoms with Gasteiger partial charge in [-0.05, 0) is 13.8 Å². The fourth-order valence-electron chi connectivity index (χ4n) is 0.202. The van der Waals surface area contributed by atoms with Crippen molar-refractivity contribution in [2.24, 2.45) is 0 Å². The second-order valence-corrected chi connectivity index (χ2v) is 3.05. The molecule has 1 rings (SSSR count). The summed E-state index contributed by atoms with van der Waals surface area (Å²) in [5, 5.41) is 0. The van der Waals surface area contributed by atoms with E-state index in [1.54, 1.807) is 6.08 Å². The maximum Gasteiger partial charge on any atom is 0.244 e. The minimum atomic E-state index is -0.847. The molecule has 1 aliphatic rings. The Balaban J connectivity index is 0.000000187. The molecule has 1 nitrogen and oxygen atoms in total. The minimum Gasteiger partial charge on any atom is -0.336 e. The van der Waals surface area contributed by atoms with Gasteiger partial charge in [0, 0.05) is 0 Å². The van der Waals surface area contributed by atoms with Crippen LogP contribution in [-0.4, -0.2) is 10.6 Å². The Morgan fingerprint density at radius 3 is 1.78 bits per heavy atom. The van der Waals surface area contributed by atoms with E-state index in [0.717, 1.165) is 0 Å². The molecule has 0 aromatic heterocycles. The SMILES string of the molecule is C=CC.CC1OC1(Cl)Cl. The molecule has 54 valence electrons. The van der Waals surface area contributed by atoms with Gasteiger partial charge in [0.1, 0.15) is 6.10 Å². The molecule has 9 heavy (non-hydrogen) atoms. The Labute approximate surface area is 65.6 Å². The van der Waals surface area contributed by atoms with Crippen LogP contribution in [-0.2, 0) is 4.74 Å². The summed E-state index contributed by atoms with van der Waals surface area (Å²) in [6.07, 6.45) is 1.78. The average Bonchev–Trinajstić information content (AvgIpc) is 2.14. The van der Waals surface area contributed by atoms with Crippen molar-refractivity contribution in [2.45, 2.75) is 24.5 Å². The fourth-order valence-corrected chi connectivity index (χ4v) is 0.469. The highest BCUT2D eigenvalue weighted by Crippen LogP contribution is 2.43. The molecular formula is C6H10Cl2O. The van der Waals surface area contributed by atoms with E-state index in [-0.39, 0.29) is 6.10 Å². The molecule has 1 fully saturated rings. The lowest BCUT2D eigenvalue weighted by atomic mass is 10.6. The molecule has 0 aliphatic carbocycles. The van der Waals surface area contributed by atoms with Crippen molar-refractivity contribution in [3.63, 3.8) is 0 Å². The fraction of sp³-hybridized carbons (Fsp3) is 0.667. The van der Waals surface area contributed by atoms with Gasteiger partial charge >= 0.3 is 0 Å². The molecule has 0 saturated carbocycles. The molecular weight excluding hydrogens is 159 g/mol. The molecule has 0 bridgehead atoms. The van der Waals surface area contributed by atoms with Gasteiger partial charge in [-0.15, -0.1) is 6.58 Å². The van der Waals surface area contributed by atoms with Crippen LogP contribution in [0, 0.1) is 0 Å². The summed E-state index contributed by atoms with van der Waals surface area (Å²) in [5.74, 6) is 0. The lowest BCUT2D eigenvalue weighted by Crippen LogP contribution is -1.87. The van der Waals surface area contributed by atoms with Gasteiger partial charge in [0.15, 0.2) is 0 Å². The highest BCUT2D eigenvalue weighted by molar-refractivity contribution is 6.49. The summed E-state index contributed by atoms with van der Waals surface area (Å²) in [6, 6.07) is 0. The van der Waals surface area contributed by atoms with Gasteiger partial charge in [-0.3, -0.25) is 0 Å². The minimum absolute atomic E-state index is 0.0285. The van der Waals surface area contributed by atoms with Crippen LogP contribution < -0.4 is 0 Å². The number of allylic oxidation sites excluding steroid dienone is 1. The first-order chi connectivity index (χ1) is 4.04. The number of hydrogen-bond acceptors (Lipinski definition) is 1. The monoisotopic (exact) mass is 168 g/mol. The Bertz CT molecular complexity index is 101. The molecule has 0 amide bonds. The van der Waals surface area contributed by atoms with Crippen molar-refractivity contribution >= 4 is 23.2 Å². The first-order valence-electron chi connectivity index (χ1n) is 2.67. The zero-order valence-electron chi connectivity index (χ0n) is 5.53. The van der Waals surface area contributed by atoms with Crippen LogP contribution in [0.15, 0.2) is 12.7 Å². The van der Waals surface area contributed by atoms with Crippen LogP contribution in [0.25, 0.3) is 0 Å². The van der Waals surface area contributed by atoms with Crippen molar-refractivity contribution in [3.05, 3.63) is 12.7 Å².